The van der Waals surface area contributed by atoms with Crippen molar-refractivity contribution in [1.82, 2.24) is 4.90 Å². The molecule has 2 aromatic rings. The molecule has 0 saturated heterocycles. The maximum absolute atomic E-state index is 8.72. The molecule has 0 spiro atoms. The van der Waals surface area contributed by atoms with Crippen LogP contribution in [0, 0.1) is 5.41 Å². The molecule has 0 unspecified atom stereocenters. The van der Waals surface area contributed by atoms with Crippen molar-refractivity contribution in [3.05, 3.63) is 102 Å². The highest BCUT2D eigenvalue weighted by Crippen LogP contribution is 2.27. The minimum atomic E-state index is 0.214. The van der Waals surface area contributed by atoms with Crippen LogP contribution in [-0.4, -0.2) is 30.2 Å². The Labute approximate surface area is 166 Å². The lowest BCUT2D eigenvalue weighted by molar-refractivity contribution is 0.442. The van der Waals surface area contributed by atoms with Crippen molar-refractivity contribution in [2.45, 2.75) is 13.3 Å². The molecule has 0 bridgehead atoms. The van der Waals surface area contributed by atoms with Crippen LogP contribution in [0.5, 0.6) is 5.75 Å². The predicted octanol–water partition coefficient (Wildman–Crippen LogP) is 4.97. The first-order valence-electron chi connectivity index (χ1n) is 9.36. The second kappa shape index (κ2) is 9.00. The van der Waals surface area contributed by atoms with Gasteiger partial charge in [0.15, 0.2) is 5.84 Å². The molecule has 1 heterocycles. The largest absolute Gasteiger partial charge is 0.458 e. The highest BCUT2D eigenvalue weighted by Gasteiger charge is 2.16. The van der Waals surface area contributed by atoms with Crippen LogP contribution in [0.3, 0.4) is 0 Å². The van der Waals surface area contributed by atoms with Crippen molar-refractivity contribution in [3.63, 3.8) is 0 Å². The van der Waals surface area contributed by atoms with E-state index in [2.05, 4.69) is 13.5 Å². The lowest BCUT2D eigenvalue weighted by Crippen LogP contribution is -2.28. The van der Waals surface area contributed by atoms with Gasteiger partial charge in [-0.1, -0.05) is 67.3 Å². The molecule has 3 rings (SSSR count). The van der Waals surface area contributed by atoms with Crippen LogP contribution in [0.15, 0.2) is 90.2 Å². The number of nitrogens with one attached hydrogen (secondary N) is 1. The molecule has 1 N–H and O–H groups in total. The third-order valence-corrected chi connectivity index (χ3v) is 4.57. The number of hydrogen-bond acceptors (Lipinski definition) is 2. The van der Waals surface area contributed by atoms with Crippen molar-refractivity contribution < 1.29 is 4.74 Å². The summed E-state index contributed by atoms with van der Waals surface area (Å²) in [4.78, 5) is 6.75. The van der Waals surface area contributed by atoms with Gasteiger partial charge in [-0.3, -0.25) is 5.41 Å². The molecule has 1 aliphatic heterocycles. The third kappa shape index (κ3) is 4.46. The Morgan fingerprint density at radius 2 is 1.93 bits per heavy atom. The van der Waals surface area contributed by atoms with Crippen molar-refractivity contribution >= 4 is 11.7 Å². The molecule has 0 atom stereocenters. The SMILES string of the molecule is C=C1/C=C\C=C/Cc2c(cccc2C(=N)/N=C(/c2ccccc2)N(C)CC)O1. The molecular formula is C24H25N3O. The first-order valence-corrected chi connectivity index (χ1v) is 9.36. The zero-order valence-electron chi connectivity index (χ0n) is 16.4. The van der Waals surface area contributed by atoms with Gasteiger partial charge in [-0.2, -0.15) is 0 Å². The molecule has 4 heteroatoms. The molecule has 0 radical (unpaired) electrons. The van der Waals surface area contributed by atoms with Crippen LogP contribution >= 0.6 is 0 Å². The summed E-state index contributed by atoms with van der Waals surface area (Å²) in [7, 11) is 1.99. The van der Waals surface area contributed by atoms with E-state index in [1.54, 1.807) is 0 Å². The van der Waals surface area contributed by atoms with E-state index >= 15 is 0 Å². The molecule has 0 saturated carbocycles. The zero-order valence-corrected chi connectivity index (χ0v) is 16.4. The van der Waals surface area contributed by atoms with Gasteiger partial charge >= 0.3 is 0 Å². The van der Waals surface area contributed by atoms with Gasteiger partial charge in [0.2, 0.25) is 0 Å². The van der Waals surface area contributed by atoms with E-state index in [9.17, 15) is 0 Å². The topological polar surface area (TPSA) is 48.7 Å². The molecule has 142 valence electrons. The summed E-state index contributed by atoms with van der Waals surface area (Å²) in [5.41, 5.74) is 2.68. The summed E-state index contributed by atoms with van der Waals surface area (Å²) in [5.74, 6) is 2.27. The van der Waals surface area contributed by atoms with Crippen molar-refractivity contribution in [2.75, 3.05) is 13.6 Å². The van der Waals surface area contributed by atoms with Crippen LogP contribution in [-0.2, 0) is 6.42 Å². The number of benzene rings is 2. The van der Waals surface area contributed by atoms with Crippen molar-refractivity contribution in [3.8, 4) is 5.75 Å². The molecule has 28 heavy (non-hydrogen) atoms. The Hall–Kier alpha value is -3.40. The Balaban J connectivity index is 2.04. The summed E-state index contributed by atoms with van der Waals surface area (Å²) >= 11 is 0. The Morgan fingerprint density at radius 3 is 2.68 bits per heavy atom. The summed E-state index contributed by atoms with van der Waals surface area (Å²) < 4.78 is 5.89. The number of rotatable bonds is 3. The highest BCUT2D eigenvalue weighted by atomic mass is 16.5. The fraction of sp³-hybridized carbons (Fsp3) is 0.167. The molecule has 0 amide bonds. The molecule has 1 aliphatic rings. The minimum absolute atomic E-state index is 0.214. The Bertz CT molecular complexity index is 955. The minimum Gasteiger partial charge on any atom is -0.458 e. The highest BCUT2D eigenvalue weighted by molar-refractivity contribution is 6.11. The number of amidine groups is 2. The van der Waals surface area contributed by atoms with Crippen LogP contribution < -0.4 is 4.74 Å². The zero-order chi connectivity index (χ0) is 19.9. The quantitative estimate of drug-likeness (QED) is 0.612. The lowest BCUT2D eigenvalue weighted by Gasteiger charge is -2.20. The van der Waals surface area contributed by atoms with Gasteiger partial charge in [-0.05, 0) is 25.5 Å². The summed E-state index contributed by atoms with van der Waals surface area (Å²) in [6.45, 7) is 6.79. The van der Waals surface area contributed by atoms with E-state index < -0.39 is 0 Å². The standard InChI is InChI=1S/C24H25N3O/c1-4-27(3)24(19-13-8-6-9-14-19)26-23(25)21-16-11-17-22-20(21)15-10-5-7-12-18(2)28-22/h5-14,16-17,25H,2,4,15H2,1,3H3/b10-5-,12-7-,25-23?,26-24-. The summed E-state index contributed by atoms with van der Waals surface area (Å²) in [6.07, 6.45) is 8.40. The Morgan fingerprint density at radius 1 is 1.14 bits per heavy atom. The normalized spacial score (nSPS) is 16.1. The van der Waals surface area contributed by atoms with Gasteiger partial charge in [0.1, 0.15) is 17.3 Å². The first-order chi connectivity index (χ1) is 13.6. The summed E-state index contributed by atoms with van der Waals surface area (Å²) in [6, 6.07) is 15.7. The van der Waals surface area contributed by atoms with Gasteiger partial charge in [-0.25, -0.2) is 4.99 Å². The number of nitrogens with zero attached hydrogens (tertiary/aromatic N) is 2. The van der Waals surface area contributed by atoms with Gasteiger partial charge in [0.25, 0.3) is 0 Å². The van der Waals surface area contributed by atoms with Gasteiger partial charge in [-0.15, -0.1) is 0 Å². The van der Waals surface area contributed by atoms with Crippen LogP contribution in [0.4, 0.5) is 0 Å². The van der Waals surface area contributed by atoms with Crippen molar-refractivity contribution in [2.24, 2.45) is 4.99 Å². The van der Waals surface area contributed by atoms with E-state index in [0.717, 1.165) is 29.1 Å². The van der Waals surface area contributed by atoms with E-state index in [1.807, 2.05) is 84.8 Å². The van der Waals surface area contributed by atoms with Gasteiger partial charge in [0.05, 0.1) is 0 Å². The molecule has 2 aromatic carbocycles. The number of aliphatic imine (C=N–C) groups is 1. The van der Waals surface area contributed by atoms with Crippen LogP contribution in [0.25, 0.3) is 0 Å². The Kier molecular flexibility index (Phi) is 6.22. The number of fused-ring (bicyclic) bond motifs is 1. The smallest absolute Gasteiger partial charge is 0.154 e. The molecule has 0 aliphatic carbocycles. The van der Waals surface area contributed by atoms with Crippen LogP contribution in [0.2, 0.25) is 0 Å². The van der Waals surface area contributed by atoms with Crippen LogP contribution in [0.1, 0.15) is 23.6 Å². The molecule has 4 nitrogen and oxygen atoms in total. The van der Waals surface area contributed by atoms with E-state index in [4.69, 9.17) is 15.1 Å². The number of hydrogen-bond donors (Lipinski definition) is 1. The summed E-state index contributed by atoms with van der Waals surface area (Å²) in [5, 5.41) is 8.72. The lowest BCUT2D eigenvalue weighted by atomic mass is 10.0. The monoisotopic (exact) mass is 371 g/mol. The fourth-order valence-electron chi connectivity index (χ4n) is 2.97. The number of ether oxygens (including phenoxy) is 1. The average molecular weight is 371 g/mol. The maximum atomic E-state index is 8.72. The second-order valence-corrected chi connectivity index (χ2v) is 6.51. The van der Waals surface area contributed by atoms with Gasteiger partial charge in [0, 0.05) is 30.3 Å². The average Bonchev–Trinajstić information content (AvgIpc) is 2.81. The molecular weight excluding hydrogens is 346 g/mol. The second-order valence-electron chi connectivity index (χ2n) is 6.51. The fourth-order valence-corrected chi connectivity index (χ4v) is 2.97. The molecule has 0 aromatic heterocycles. The molecule has 0 fully saturated rings. The number of allylic oxidation sites excluding steroid dienone is 4. The first kappa shape index (κ1) is 19.4. The van der Waals surface area contributed by atoms with E-state index in [-0.39, 0.29) is 5.84 Å². The third-order valence-electron chi connectivity index (χ3n) is 4.57. The van der Waals surface area contributed by atoms with E-state index in [0.29, 0.717) is 17.9 Å². The predicted molar refractivity (Wildman–Crippen MR) is 116 cm³/mol. The van der Waals surface area contributed by atoms with Crippen molar-refractivity contribution in [1.29, 1.82) is 5.41 Å². The van der Waals surface area contributed by atoms with Gasteiger partial charge < -0.3 is 9.64 Å². The maximum Gasteiger partial charge on any atom is 0.154 e. The van der Waals surface area contributed by atoms with E-state index in [1.165, 1.54) is 0 Å².